The van der Waals surface area contributed by atoms with Gasteiger partial charge in [0.05, 0.1) is 7.11 Å². The molecule has 1 aromatic heterocycles. The standard InChI is InChI=1S/C15H15NO4/c1-10-7-8-16-13(15(17)18)14(10)20-9-11-5-3-4-6-12(11)19-2/h3-8H,9H2,1-2H3,(H,17,18). The monoisotopic (exact) mass is 273 g/mol. The van der Waals surface area contributed by atoms with Crippen LogP contribution in [0.5, 0.6) is 11.5 Å². The zero-order valence-electron chi connectivity index (χ0n) is 11.3. The van der Waals surface area contributed by atoms with E-state index in [9.17, 15) is 4.79 Å². The van der Waals surface area contributed by atoms with E-state index in [0.29, 0.717) is 5.75 Å². The minimum Gasteiger partial charge on any atom is -0.496 e. The van der Waals surface area contributed by atoms with E-state index < -0.39 is 5.97 Å². The lowest BCUT2D eigenvalue weighted by Crippen LogP contribution is -2.07. The Hall–Kier alpha value is -2.56. The van der Waals surface area contributed by atoms with Gasteiger partial charge in [0.15, 0.2) is 11.4 Å². The van der Waals surface area contributed by atoms with E-state index >= 15 is 0 Å². The normalized spacial score (nSPS) is 10.1. The number of rotatable bonds is 5. The van der Waals surface area contributed by atoms with Crippen molar-refractivity contribution in [3.05, 3.63) is 53.3 Å². The third-order valence-corrected chi connectivity index (χ3v) is 2.87. The quantitative estimate of drug-likeness (QED) is 0.907. The molecule has 2 aromatic rings. The van der Waals surface area contributed by atoms with Crippen molar-refractivity contribution in [3.63, 3.8) is 0 Å². The van der Waals surface area contributed by atoms with Crippen LogP contribution < -0.4 is 9.47 Å². The Morgan fingerprint density at radius 1 is 1.30 bits per heavy atom. The molecule has 0 saturated carbocycles. The summed E-state index contributed by atoms with van der Waals surface area (Å²) >= 11 is 0. The fourth-order valence-corrected chi connectivity index (χ4v) is 1.85. The smallest absolute Gasteiger partial charge is 0.358 e. The van der Waals surface area contributed by atoms with Gasteiger partial charge in [-0.1, -0.05) is 18.2 Å². The number of nitrogens with zero attached hydrogens (tertiary/aromatic N) is 1. The second kappa shape index (κ2) is 6.06. The molecule has 0 unspecified atom stereocenters. The second-order valence-corrected chi connectivity index (χ2v) is 4.21. The van der Waals surface area contributed by atoms with Crippen molar-refractivity contribution in [2.45, 2.75) is 13.5 Å². The topological polar surface area (TPSA) is 68.7 Å². The second-order valence-electron chi connectivity index (χ2n) is 4.21. The van der Waals surface area contributed by atoms with Gasteiger partial charge in [0.25, 0.3) is 0 Å². The van der Waals surface area contributed by atoms with E-state index in [-0.39, 0.29) is 18.1 Å². The number of carboxylic acids is 1. The zero-order chi connectivity index (χ0) is 14.5. The van der Waals surface area contributed by atoms with Crippen LogP contribution in [0.4, 0.5) is 0 Å². The molecule has 1 heterocycles. The van der Waals surface area contributed by atoms with Gasteiger partial charge in [0, 0.05) is 11.8 Å². The number of carbonyl (C=O) groups is 1. The van der Waals surface area contributed by atoms with Crippen LogP contribution in [0.2, 0.25) is 0 Å². The van der Waals surface area contributed by atoms with Crippen LogP contribution in [-0.4, -0.2) is 23.2 Å². The number of hydrogen-bond acceptors (Lipinski definition) is 4. The Morgan fingerprint density at radius 2 is 2.05 bits per heavy atom. The van der Waals surface area contributed by atoms with E-state index in [1.165, 1.54) is 6.20 Å². The van der Waals surface area contributed by atoms with E-state index in [0.717, 1.165) is 11.1 Å². The highest BCUT2D eigenvalue weighted by Crippen LogP contribution is 2.25. The van der Waals surface area contributed by atoms with E-state index in [2.05, 4.69) is 4.98 Å². The Kier molecular flexibility index (Phi) is 4.20. The van der Waals surface area contributed by atoms with Crippen LogP contribution in [0.3, 0.4) is 0 Å². The molecule has 0 aliphatic carbocycles. The van der Waals surface area contributed by atoms with E-state index in [4.69, 9.17) is 14.6 Å². The lowest BCUT2D eigenvalue weighted by atomic mass is 10.2. The Bertz CT molecular complexity index is 625. The summed E-state index contributed by atoms with van der Waals surface area (Å²) < 4.78 is 10.9. The molecule has 0 fully saturated rings. The first-order chi connectivity index (χ1) is 9.63. The summed E-state index contributed by atoms with van der Waals surface area (Å²) in [4.78, 5) is 15.0. The van der Waals surface area contributed by atoms with Gasteiger partial charge in [0.2, 0.25) is 0 Å². The summed E-state index contributed by atoms with van der Waals surface area (Å²) in [6.07, 6.45) is 1.45. The average molecular weight is 273 g/mol. The summed E-state index contributed by atoms with van der Waals surface area (Å²) in [5.41, 5.74) is 1.49. The molecule has 0 amide bonds. The third-order valence-electron chi connectivity index (χ3n) is 2.87. The van der Waals surface area contributed by atoms with Crippen molar-refractivity contribution in [2.75, 3.05) is 7.11 Å². The van der Waals surface area contributed by atoms with Crippen molar-refractivity contribution < 1.29 is 19.4 Å². The van der Waals surface area contributed by atoms with Gasteiger partial charge in [-0.15, -0.1) is 0 Å². The van der Waals surface area contributed by atoms with Crippen LogP contribution in [0.15, 0.2) is 36.5 Å². The molecule has 20 heavy (non-hydrogen) atoms. The molecule has 0 radical (unpaired) electrons. The van der Waals surface area contributed by atoms with Crippen LogP contribution in [0.25, 0.3) is 0 Å². The highest BCUT2D eigenvalue weighted by atomic mass is 16.5. The van der Waals surface area contributed by atoms with Crippen molar-refractivity contribution in [2.24, 2.45) is 0 Å². The Balaban J connectivity index is 2.25. The van der Waals surface area contributed by atoms with Gasteiger partial charge < -0.3 is 14.6 Å². The number of carboxylic acid groups (broad SMARTS) is 1. The van der Waals surface area contributed by atoms with Crippen LogP contribution in [-0.2, 0) is 6.61 Å². The highest BCUT2D eigenvalue weighted by Gasteiger charge is 2.15. The fraction of sp³-hybridized carbons (Fsp3) is 0.200. The van der Waals surface area contributed by atoms with Crippen molar-refractivity contribution in [1.29, 1.82) is 0 Å². The summed E-state index contributed by atoms with van der Waals surface area (Å²) in [6, 6.07) is 9.14. The van der Waals surface area contributed by atoms with Gasteiger partial charge in [0.1, 0.15) is 12.4 Å². The Morgan fingerprint density at radius 3 is 2.75 bits per heavy atom. The first-order valence-corrected chi connectivity index (χ1v) is 6.07. The lowest BCUT2D eigenvalue weighted by molar-refractivity contribution is 0.0684. The molecule has 5 heteroatoms. The van der Waals surface area contributed by atoms with Crippen molar-refractivity contribution in [3.8, 4) is 11.5 Å². The maximum absolute atomic E-state index is 11.1. The number of aromatic nitrogens is 1. The van der Waals surface area contributed by atoms with Crippen LogP contribution in [0.1, 0.15) is 21.6 Å². The number of benzene rings is 1. The van der Waals surface area contributed by atoms with Gasteiger partial charge in [-0.3, -0.25) is 0 Å². The molecule has 0 aliphatic rings. The van der Waals surface area contributed by atoms with Crippen LogP contribution >= 0.6 is 0 Å². The lowest BCUT2D eigenvalue weighted by Gasteiger charge is -2.13. The number of pyridine rings is 1. The molecule has 2 rings (SSSR count). The zero-order valence-corrected chi connectivity index (χ0v) is 11.3. The molecule has 0 atom stereocenters. The molecule has 5 nitrogen and oxygen atoms in total. The van der Waals surface area contributed by atoms with Crippen LogP contribution in [0, 0.1) is 6.92 Å². The first kappa shape index (κ1) is 13.9. The molecule has 1 aromatic carbocycles. The summed E-state index contributed by atoms with van der Waals surface area (Å²) in [7, 11) is 1.58. The van der Waals surface area contributed by atoms with Crippen molar-refractivity contribution >= 4 is 5.97 Å². The Labute approximate surface area is 116 Å². The summed E-state index contributed by atoms with van der Waals surface area (Å²) in [5, 5.41) is 9.12. The molecule has 0 spiro atoms. The number of aromatic carboxylic acids is 1. The van der Waals surface area contributed by atoms with Gasteiger partial charge in [-0.2, -0.15) is 0 Å². The largest absolute Gasteiger partial charge is 0.496 e. The number of hydrogen-bond donors (Lipinski definition) is 1. The minimum absolute atomic E-state index is 0.0834. The predicted molar refractivity (Wildman–Crippen MR) is 73.3 cm³/mol. The van der Waals surface area contributed by atoms with E-state index in [1.807, 2.05) is 24.3 Å². The molecular formula is C15H15NO4. The number of ether oxygens (including phenoxy) is 2. The van der Waals surface area contributed by atoms with Gasteiger partial charge >= 0.3 is 5.97 Å². The molecule has 104 valence electrons. The summed E-state index contributed by atoms with van der Waals surface area (Å²) in [5.74, 6) is -0.124. The summed E-state index contributed by atoms with van der Waals surface area (Å²) in [6.45, 7) is 2.00. The molecule has 0 saturated heterocycles. The predicted octanol–water partition coefficient (Wildman–Crippen LogP) is 2.68. The minimum atomic E-state index is -1.11. The van der Waals surface area contributed by atoms with Gasteiger partial charge in [-0.05, 0) is 24.6 Å². The van der Waals surface area contributed by atoms with Gasteiger partial charge in [-0.25, -0.2) is 9.78 Å². The molecular weight excluding hydrogens is 258 g/mol. The number of para-hydroxylation sites is 1. The fourth-order valence-electron chi connectivity index (χ4n) is 1.85. The average Bonchev–Trinajstić information content (AvgIpc) is 2.46. The van der Waals surface area contributed by atoms with E-state index in [1.54, 1.807) is 20.1 Å². The number of methoxy groups -OCH3 is 1. The third kappa shape index (κ3) is 2.88. The SMILES string of the molecule is COc1ccccc1COc1c(C)ccnc1C(=O)O. The van der Waals surface area contributed by atoms with Crippen molar-refractivity contribution in [1.82, 2.24) is 4.98 Å². The first-order valence-electron chi connectivity index (χ1n) is 6.07. The molecule has 0 aliphatic heterocycles. The molecule has 1 N–H and O–H groups in total. The highest BCUT2D eigenvalue weighted by molar-refractivity contribution is 5.89. The number of aryl methyl sites for hydroxylation is 1. The maximum atomic E-state index is 11.1. The molecule has 0 bridgehead atoms. The maximum Gasteiger partial charge on any atom is 0.358 e.